The maximum absolute atomic E-state index is 13.7. The normalized spacial score (nSPS) is 27.0. The minimum atomic E-state index is -3.65. The van der Waals surface area contributed by atoms with Crippen molar-refractivity contribution >= 4 is 55.1 Å². The molecule has 0 aliphatic carbocycles. The molecule has 6 rings (SSSR count). The lowest BCUT2D eigenvalue weighted by Crippen LogP contribution is -2.51. The van der Waals surface area contributed by atoms with Crippen molar-refractivity contribution in [1.82, 2.24) is 18.4 Å². The number of rotatable bonds is 13. The number of anilines is 2. The molecule has 4 heterocycles. The summed E-state index contributed by atoms with van der Waals surface area (Å²) < 4.78 is 53.4. The van der Waals surface area contributed by atoms with Crippen LogP contribution in [0.1, 0.15) is 38.5 Å². The van der Waals surface area contributed by atoms with Gasteiger partial charge < -0.3 is 31.9 Å². The van der Waals surface area contributed by atoms with Gasteiger partial charge in [-0.15, -0.1) is 0 Å². The third kappa shape index (κ3) is 8.33. The number of benzene rings is 2. The van der Waals surface area contributed by atoms with E-state index in [2.05, 4.69) is 10.6 Å². The first-order valence-corrected chi connectivity index (χ1v) is 22.0. The van der Waals surface area contributed by atoms with E-state index in [9.17, 15) is 36.0 Å². The van der Waals surface area contributed by atoms with E-state index in [0.717, 1.165) is 12.5 Å². The van der Waals surface area contributed by atoms with Crippen LogP contribution in [0.25, 0.3) is 0 Å². The smallest absolute Gasteiger partial charge is 0.239 e. The lowest BCUT2D eigenvalue weighted by Gasteiger charge is -2.30. The molecule has 16 nitrogen and oxygen atoms in total. The predicted octanol–water partition coefficient (Wildman–Crippen LogP) is 0.201. The number of hydrogen-bond donors (Lipinski definition) is 4. The van der Waals surface area contributed by atoms with Gasteiger partial charge in [-0.05, 0) is 49.9 Å². The molecule has 4 fully saturated rings. The summed E-state index contributed by atoms with van der Waals surface area (Å²) in [6.45, 7) is 0.450. The average molecular weight is 787 g/mol. The number of carbonyl (C=O) groups excluding carboxylic acids is 4. The van der Waals surface area contributed by atoms with E-state index < -0.39 is 68.1 Å². The molecular formula is C36H50N8O8S2. The molecular weight excluding hydrogens is 737 g/mol. The Morgan fingerprint density at radius 1 is 0.648 bits per heavy atom. The molecule has 18 heteroatoms. The van der Waals surface area contributed by atoms with Crippen molar-refractivity contribution in [2.75, 3.05) is 49.3 Å². The van der Waals surface area contributed by atoms with Crippen molar-refractivity contribution in [1.29, 1.82) is 0 Å². The second-order valence-electron chi connectivity index (χ2n) is 14.8. The summed E-state index contributed by atoms with van der Waals surface area (Å²) in [5.41, 5.74) is 13.9. The Morgan fingerprint density at radius 2 is 1.00 bits per heavy atom. The van der Waals surface area contributed by atoms with E-state index in [1.807, 2.05) is 12.1 Å². The van der Waals surface area contributed by atoms with Crippen molar-refractivity contribution in [3.8, 4) is 0 Å². The summed E-state index contributed by atoms with van der Waals surface area (Å²) in [5, 5.41) is 5.71. The molecule has 0 spiro atoms. The van der Waals surface area contributed by atoms with Crippen molar-refractivity contribution < 1.29 is 36.0 Å². The van der Waals surface area contributed by atoms with Crippen LogP contribution in [-0.2, 0) is 39.2 Å². The Labute approximate surface area is 316 Å². The number of unbranched alkanes of at least 4 members (excludes halogenated alkanes) is 1. The summed E-state index contributed by atoms with van der Waals surface area (Å²) in [6.07, 6.45) is 4.49. The second-order valence-corrected chi connectivity index (χ2v) is 18.7. The zero-order chi connectivity index (χ0) is 38.9. The molecule has 54 heavy (non-hydrogen) atoms. The highest BCUT2D eigenvalue weighted by Gasteiger charge is 2.57. The lowest BCUT2D eigenvalue weighted by molar-refractivity contribution is -0.136. The van der Waals surface area contributed by atoms with Crippen molar-refractivity contribution in [2.24, 2.45) is 23.3 Å². The van der Waals surface area contributed by atoms with Crippen LogP contribution >= 0.6 is 0 Å². The maximum atomic E-state index is 13.7. The number of carbonyl (C=O) groups is 4. The molecule has 2 aromatic carbocycles. The maximum Gasteiger partial charge on any atom is 0.239 e. The van der Waals surface area contributed by atoms with Crippen LogP contribution in [0, 0.1) is 11.8 Å². The van der Waals surface area contributed by atoms with Crippen LogP contribution in [0.4, 0.5) is 11.4 Å². The molecule has 4 aliphatic heterocycles. The Morgan fingerprint density at radius 3 is 1.33 bits per heavy atom. The van der Waals surface area contributed by atoms with Gasteiger partial charge in [-0.2, -0.15) is 8.61 Å². The summed E-state index contributed by atoms with van der Waals surface area (Å²) in [5.74, 6) is -3.05. The van der Waals surface area contributed by atoms with Gasteiger partial charge in [0.05, 0.1) is 48.5 Å². The number of likely N-dealkylation sites (tertiary alicyclic amines) is 2. The van der Waals surface area contributed by atoms with Crippen LogP contribution in [0.3, 0.4) is 0 Å². The third-order valence-electron chi connectivity index (χ3n) is 11.2. The predicted molar refractivity (Wildman–Crippen MR) is 202 cm³/mol. The summed E-state index contributed by atoms with van der Waals surface area (Å²) in [4.78, 5) is 57.4. The van der Waals surface area contributed by atoms with Crippen LogP contribution in [0.2, 0.25) is 0 Å². The van der Waals surface area contributed by atoms with Crippen LogP contribution in [0.15, 0.2) is 60.7 Å². The van der Waals surface area contributed by atoms with Crippen LogP contribution < -0.4 is 22.1 Å². The summed E-state index contributed by atoms with van der Waals surface area (Å²) in [6, 6.07) is 13.4. The van der Waals surface area contributed by atoms with E-state index in [4.69, 9.17) is 11.5 Å². The number of nitrogens with one attached hydrogen (secondary N) is 2. The van der Waals surface area contributed by atoms with E-state index in [-0.39, 0.29) is 62.6 Å². The molecule has 4 saturated heterocycles. The molecule has 294 valence electrons. The van der Waals surface area contributed by atoms with Gasteiger partial charge in [-0.25, -0.2) is 16.8 Å². The second kappa shape index (κ2) is 16.0. The number of para-hydroxylation sites is 2. The number of hydrogen-bond acceptors (Lipinski definition) is 10. The molecule has 4 aliphatic rings. The SMILES string of the molecule is CS(=O)(=O)N1C[C@H](C(=O)Nc2ccccc2)[C@@H]2[C@H]1CCN2C(=O)[C@@H](N)CCCC[C@H](N)C(=O)N1CC[C@@H]2[C@H]1[C@@H](C(=O)Nc1ccccc1)CN2S(C)(=O)=O. The Hall–Kier alpha value is -3.94. The van der Waals surface area contributed by atoms with E-state index >= 15 is 0 Å². The first-order valence-electron chi connectivity index (χ1n) is 18.3. The highest BCUT2D eigenvalue weighted by Crippen LogP contribution is 2.39. The molecule has 8 atom stereocenters. The molecule has 0 unspecified atom stereocenters. The number of nitrogens with two attached hydrogens (primary N) is 2. The standard InChI is InChI=1S/C36H50N8O8S2/c1-53(49,50)43-21-25(33(45)39-23-11-5-3-6-12-23)31-29(43)17-19-41(31)35(47)27(37)15-9-10-16-28(38)36(48)42-20-18-30-32(42)26(22-44(30)54(2,51)52)34(46)40-24-13-7-4-8-14-24/h3-8,11-14,25-32H,9-10,15-22,37-38H2,1-2H3,(H,39,45)(H,40,46)/t25-,26-,27-,28-,29+,30+,31+,32+/m0/s1. The Kier molecular flexibility index (Phi) is 11.8. The number of sulfonamides is 2. The molecule has 4 amide bonds. The van der Waals surface area contributed by atoms with Crippen molar-refractivity contribution in [3.05, 3.63) is 60.7 Å². The Balaban J connectivity index is 1.04. The molecule has 6 N–H and O–H groups in total. The first-order chi connectivity index (χ1) is 25.6. The highest BCUT2D eigenvalue weighted by atomic mass is 32.2. The van der Waals surface area contributed by atoms with Gasteiger partial charge in [0.25, 0.3) is 0 Å². The van der Waals surface area contributed by atoms with Gasteiger partial charge >= 0.3 is 0 Å². The van der Waals surface area contributed by atoms with Gasteiger partial charge in [0.2, 0.25) is 43.7 Å². The van der Waals surface area contributed by atoms with Gasteiger partial charge in [0.1, 0.15) is 0 Å². The first kappa shape index (κ1) is 39.7. The zero-order valence-corrected chi connectivity index (χ0v) is 32.1. The van der Waals surface area contributed by atoms with Crippen molar-refractivity contribution in [2.45, 2.75) is 74.8 Å². The van der Waals surface area contributed by atoms with E-state index in [1.165, 1.54) is 8.61 Å². The Bertz CT molecular complexity index is 1800. The number of amides is 4. The summed E-state index contributed by atoms with van der Waals surface area (Å²) in [7, 11) is -7.29. The largest absolute Gasteiger partial charge is 0.336 e. The van der Waals surface area contributed by atoms with E-state index in [1.54, 1.807) is 58.3 Å². The van der Waals surface area contributed by atoms with Gasteiger partial charge in [0.15, 0.2) is 0 Å². The molecule has 0 radical (unpaired) electrons. The molecule has 0 aromatic heterocycles. The average Bonchev–Trinajstić information content (AvgIpc) is 3.91. The number of fused-ring (bicyclic) bond motifs is 2. The minimum Gasteiger partial charge on any atom is -0.336 e. The molecule has 2 aromatic rings. The van der Waals surface area contributed by atoms with E-state index in [0.29, 0.717) is 37.1 Å². The fraction of sp³-hybridized carbons (Fsp3) is 0.556. The molecule has 0 bridgehead atoms. The quantitative estimate of drug-likeness (QED) is 0.202. The van der Waals surface area contributed by atoms with Crippen LogP contribution in [0.5, 0.6) is 0 Å². The van der Waals surface area contributed by atoms with Gasteiger partial charge in [-0.1, -0.05) is 49.2 Å². The summed E-state index contributed by atoms with van der Waals surface area (Å²) >= 11 is 0. The molecule has 0 saturated carbocycles. The number of nitrogens with zero attached hydrogens (tertiary/aromatic N) is 4. The topological polar surface area (TPSA) is 226 Å². The van der Waals surface area contributed by atoms with Crippen LogP contribution in [-0.4, -0.2) is 134 Å². The lowest BCUT2D eigenvalue weighted by atomic mass is 9.96. The monoisotopic (exact) mass is 786 g/mol. The fourth-order valence-electron chi connectivity index (χ4n) is 8.74. The highest BCUT2D eigenvalue weighted by molar-refractivity contribution is 7.88. The minimum absolute atomic E-state index is 0.0406. The fourth-order valence-corrected chi connectivity index (χ4v) is 11.0. The van der Waals surface area contributed by atoms with Gasteiger partial charge in [0, 0.05) is 49.6 Å². The third-order valence-corrected chi connectivity index (χ3v) is 13.8. The zero-order valence-electron chi connectivity index (χ0n) is 30.5. The van der Waals surface area contributed by atoms with Crippen molar-refractivity contribution in [3.63, 3.8) is 0 Å². The van der Waals surface area contributed by atoms with Gasteiger partial charge in [-0.3, -0.25) is 19.2 Å².